The average Bonchev–Trinajstić information content (AvgIpc) is 2.25. The van der Waals surface area contributed by atoms with E-state index < -0.39 is 10.0 Å². The summed E-state index contributed by atoms with van der Waals surface area (Å²) in [4.78, 5) is 0. The van der Waals surface area contributed by atoms with Crippen LogP contribution in [0, 0.1) is 0 Å². The van der Waals surface area contributed by atoms with Crippen molar-refractivity contribution in [2.75, 3.05) is 32.5 Å². The van der Waals surface area contributed by atoms with Crippen LogP contribution in [0.4, 0.5) is 0 Å². The van der Waals surface area contributed by atoms with Gasteiger partial charge in [-0.05, 0) is 26.3 Å². The van der Waals surface area contributed by atoms with E-state index in [1.165, 1.54) is 0 Å². The fourth-order valence-electron chi connectivity index (χ4n) is 1.50. The summed E-state index contributed by atoms with van der Waals surface area (Å²) in [5.41, 5.74) is 0. The lowest BCUT2D eigenvalue weighted by Gasteiger charge is -2.22. The normalized spacial score (nSPS) is 22.9. The number of ether oxygens (including phenoxy) is 1. The van der Waals surface area contributed by atoms with Crippen molar-refractivity contribution in [1.82, 2.24) is 10.0 Å². The molecule has 0 aromatic carbocycles. The van der Waals surface area contributed by atoms with Crippen LogP contribution in [0.25, 0.3) is 0 Å². The average molecular weight is 236 g/mol. The van der Waals surface area contributed by atoms with E-state index in [-0.39, 0.29) is 11.9 Å². The van der Waals surface area contributed by atoms with Gasteiger partial charge in [-0.15, -0.1) is 0 Å². The standard InChI is InChI=1S/C9H20N2O3S/c1-10-5-7-15(12,13)11-8-9-4-2-3-6-14-9/h9-11H,2-8H2,1H3. The predicted octanol–water partition coefficient (Wildman–Crippen LogP) is -0.306. The molecule has 1 rings (SSSR count). The molecule has 1 fully saturated rings. The number of hydrogen-bond donors (Lipinski definition) is 2. The SMILES string of the molecule is CNCCS(=O)(=O)NCC1CCCCO1. The molecular weight excluding hydrogens is 216 g/mol. The topological polar surface area (TPSA) is 67.4 Å². The van der Waals surface area contributed by atoms with E-state index in [1.807, 2.05) is 0 Å². The van der Waals surface area contributed by atoms with Gasteiger partial charge in [-0.25, -0.2) is 13.1 Å². The molecule has 0 aromatic heterocycles. The highest BCUT2D eigenvalue weighted by molar-refractivity contribution is 7.89. The zero-order valence-electron chi connectivity index (χ0n) is 9.16. The first-order valence-electron chi connectivity index (χ1n) is 5.37. The predicted molar refractivity (Wildman–Crippen MR) is 59.3 cm³/mol. The fraction of sp³-hybridized carbons (Fsp3) is 1.00. The molecule has 0 aromatic rings. The highest BCUT2D eigenvalue weighted by Crippen LogP contribution is 2.11. The van der Waals surface area contributed by atoms with Crippen molar-refractivity contribution in [2.45, 2.75) is 25.4 Å². The summed E-state index contributed by atoms with van der Waals surface area (Å²) in [5.74, 6) is 0.121. The fourth-order valence-corrected chi connectivity index (χ4v) is 2.55. The van der Waals surface area contributed by atoms with E-state index in [4.69, 9.17) is 4.74 Å². The van der Waals surface area contributed by atoms with Crippen LogP contribution in [0.1, 0.15) is 19.3 Å². The minimum Gasteiger partial charge on any atom is -0.377 e. The first-order chi connectivity index (χ1) is 7.14. The summed E-state index contributed by atoms with van der Waals surface area (Å²) in [5, 5.41) is 2.81. The van der Waals surface area contributed by atoms with Gasteiger partial charge in [0.15, 0.2) is 0 Å². The molecule has 1 aliphatic rings. The number of rotatable bonds is 6. The Bertz CT molecular complexity index is 261. The molecule has 0 aliphatic carbocycles. The Labute approximate surface area is 91.6 Å². The van der Waals surface area contributed by atoms with E-state index in [9.17, 15) is 8.42 Å². The van der Waals surface area contributed by atoms with Crippen molar-refractivity contribution in [3.63, 3.8) is 0 Å². The van der Waals surface area contributed by atoms with Crippen LogP contribution in [0.3, 0.4) is 0 Å². The van der Waals surface area contributed by atoms with Gasteiger partial charge >= 0.3 is 0 Å². The Hall–Kier alpha value is -0.170. The minimum absolute atomic E-state index is 0.0584. The Morgan fingerprint density at radius 1 is 1.40 bits per heavy atom. The molecule has 0 amide bonds. The Kier molecular flexibility index (Phi) is 5.52. The second-order valence-corrected chi connectivity index (χ2v) is 5.69. The van der Waals surface area contributed by atoms with E-state index in [0.717, 1.165) is 25.9 Å². The number of sulfonamides is 1. The van der Waals surface area contributed by atoms with Gasteiger partial charge in [0.2, 0.25) is 10.0 Å². The molecule has 0 radical (unpaired) electrons. The molecule has 0 saturated carbocycles. The highest BCUT2D eigenvalue weighted by atomic mass is 32.2. The summed E-state index contributed by atoms with van der Waals surface area (Å²) in [6, 6.07) is 0. The lowest BCUT2D eigenvalue weighted by Crippen LogP contribution is -2.38. The first kappa shape index (κ1) is 12.9. The first-order valence-corrected chi connectivity index (χ1v) is 7.03. The van der Waals surface area contributed by atoms with Crippen molar-refractivity contribution in [3.8, 4) is 0 Å². The molecule has 15 heavy (non-hydrogen) atoms. The molecule has 5 nitrogen and oxygen atoms in total. The summed E-state index contributed by atoms with van der Waals surface area (Å²) in [6.45, 7) is 1.63. The molecule has 1 saturated heterocycles. The van der Waals surface area contributed by atoms with Gasteiger partial charge in [0.05, 0.1) is 11.9 Å². The van der Waals surface area contributed by atoms with Crippen molar-refractivity contribution >= 4 is 10.0 Å². The summed E-state index contributed by atoms with van der Waals surface area (Å²) in [7, 11) is -1.40. The lowest BCUT2D eigenvalue weighted by atomic mass is 10.1. The maximum atomic E-state index is 11.4. The molecule has 1 unspecified atom stereocenters. The van der Waals surface area contributed by atoms with E-state index in [0.29, 0.717) is 13.1 Å². The zero-order valence-corrected chi connectivity index (χ0v) is 9.98. The molecule has 90 valence electrons. The molecule has 1 atom stereocenters. The van der Waals surface area contributed by atoms with Crippen LogP contribution in [0.5, 0.6) is 0 Å². The molecular formula is C9H20N2O3S. The van der Waals surface area contributed by atoms with E-state index >= 15 is 0 Å². The van der Waals surface area contributed by atoms with Gasteiger partial charge in [-0.1, -0.05) is 0 Å². The van der Waals surface area contributed by atoms with Crippen LogP contribution < -0.4 is 10.0 Å². The monoisotopic (exact) mass is 236 g/mol. The maximum absolute atomic E-state index is 11.4. The Balaban J connectivity index is 2.22. The van der Waals surface area contributed by atoms with Gasteiger partial charge in [-0.3, -0.25) is 0 Å². The molecule has 6 heteroatoms. The molecule has 2 N–H and O–H groups in total. The molecule has 0 spiro atoms. The van der Waals surface area contributed by atoms with Crippen molar-refractivity contribution in [3.05, 3.63) is 0 Å². The van der Waals surface area contributed by atoms with Gasteiger partial charge in [0.1, 0.15) is 0 Å². The number of nitrogens with one attached hydrogen (secondary N) is 2. The van der Waals surface area contributed by atoms with Gasteiger partial charge in [0.25, 0.3) is 0 Å². The third kappa shape index (κ3) is 5.46. The van der Waals surface area contributed by atoms with E-state index in [2.05, 4.69) is 10.0 Å². The van der Waals surface area contributed by atoms with Crippen LogP contribution in [-0.4, -0.2) is 47.0 Å². The molecule has 1 heterocycles. The van der Waals surface area contributed by atoms with Gasteiger partial charge < -0.3 is 10.1 Å². The van der Waals surface area contributed by atoms with Crippen LogP contribution in [0.15, 0.2) is 0 Å². The highest BCUT2D eigenvalue weighted by Gasteiger charge is 2.17. The molecule has 1 aliphatic heterocycles. The van der Waals surface area contributed by atoms with Gasteiger partial charge in [-0.2, -0.15) is 0 Å². The summed E-state index contributed by atoms with van der Waals surface area (Å²) in [6.07, 6.45) is 3.23. The second kappa shape index (κ2) is 6.42. The molecule has 0 bridgehead atoms. The van der Waals surface area contributed by atoms with Crippen molar-refractivity contribution < 1.29 is 13.2 Å². The van der Waals surface area contributed by atoms with Crippen molar-refractivity contribution in [2.24, 2.45) is 0 Å². The summed E-state index contributed by atoms with van der Waals surface area (Å²) < 4.78 is 30.9. The smallest absolute Gasteiger partial charge is 0.212 e. The minimum atomic E-state index is -3.14. The third-order valence-corrected chi connectivity index (χ3v) is 3.77. The van der Waals surface area contributed by atoms with E-state index in [1.54, 1.807) is 7.05 Å². The maximum Gasteiger partial charge on any atom is 0.212 e. The summed E-state index contributed by atoms with van der Waals surface area (Å²) >= 11 is 0. The Morgan fingerprint density at radius 3 is 2.80 bits per heavy atom. The second-order valence-electron chi connectivity index (χ2n) is 3.76. The third-order valence-electron chi connectivity index (χ3n) is 2.43. The lowest BCUT2D eigenvalue weighted by molar-refractivity contribution is 0.0200. The largest absolute Gasteiger partial charge is 0.377 e. The van der Waals surface area contributed by atoms with Gasteiger partial charge in [0, 0.05) is 19.7 Å². The number of hydrogen-bond acceptors (Lipinski definition) is 4. The zero-order chi connectivity index (χ0) is 11.1. The van der Waals surface area contributed by atoms with Crippen LogP contribution in [0.2, 0.25) is 0 Å². The Morgan fingerprint density at radius 2 is 2.20 bits per heavy atom. The van der Waals surface area contributed by atoms with Crippen LogP contribution >= 0.6 is 0 Å². The quantitative estimate of drug-likeness (QED) is 0.664. The van der Waals surface area contributed by atoms with Crippen LogP contribution in [-0.2, 0) is 14.8 Å². The van der Waals surface area contributed by atoms with Crippen molar-refractivity contribution in [1.29, 1.82) is 0 Å².